The van der Waals surface area contributed by atoms with Gasteiger partial charge in [0, 0.05) is 18.3 Å². The van der Waals surface area contributed by atoms with Crippen LogP contribution in [-0.4, -0.2) is 15.6 Å². The molecule has 0 aliphatic heterocycles. The molecule has 23 heavy (non-hydrogen) atoms. The van der Waals surface area contributed by atoms with E-state index in [1.807, 2.05) is 19.9 Å². The maximum Gasteiger partial charge on any atom is 0.277 e. The molecule has 1 aliphatic carbocycles. The SMILES string of the molecule is CCn1[nH]cc(C(=O)c2cc(C)c3c(c2C)C(C)CCC3)c1=O. The number of nitrogens with one attached hydrogen (secondary N) is 1. The average molecular weight is 312 g/mol. The fraction of sp³-hybridized carbons (Fsp3) is 0.474. The minimum absolute atomic E-state index is 0.167. The Kier molecular flexibility index (Phi) is 4.00. The molecule has 4 heteroatoms. The summed E-state index contributed by atoms with van der Waals surface area (Å²) in [6, 6.07) is 1.97. The molecule has 1 unspecified atom stereocenters. The van der Waals surface area contributed by atoms with Gasteiger partial charge in [0.05, 0.1) is 0 Å². The van der Waals surface area contributed by atoms with E-state index in [9.17, 15) is 9.59 Å². The predicted octanol–water partition coefficient (Wildman–Crippen LogP) is 3.48. The van der Waals surface area contributed by atoms with Crippen LogP contribution < -0.4 is 5.56 Å². The van der Waals surface area contributed by atoms with Crippen molar-refractivity contribution in [1.29, 1.82) is 0 Å². The van der Waals surface area contributed by atoms with Gasteiger partial charge in [-0.3, -0.25) is 14.3 Å². The van der Waals surface area contributed by atoms with E-state index in [0.717, 1.165) is 18.4 Å². The van der Waals surface area contributed by atoms with Crippen molar-refractivity contribution in [3.8, 4) is 0 Å². The number of carbonyl (C=O) groups is 1. The predicted molar refractivity (Wildman–Crippen MR) is 91.4 cm³/mol. The van der Waals surface area contributed by atoms with Gasteiger partial charge in [0.15, 0.2) is 5.78 Å². The first kappa shape index (κ1) is 15.8. The number of carbonyl (C=O) groups excluding carboxylic acids is 1. The summed E-state index contributed by atoms with van der Waals surface area (Å²) >= 11 is 0. The number of fused-ring (bicyclic) bond motifs is 1. The van der Waals surface area contributed by atoms with Crippen LogP contribution in [0.2, 0.25) is 0 Å². The van der Waals surface area contributed by atoms with Crippen LogP contribution in [0, 0.1) is 13.8 Å². The molecule has 1 aromatic carbocycles. The van der Waals surface area contributed by atoms with Gasteiger partial charge >= 0.3 is 0 Å². The van der Waals surface area contributed by atoms with Gasteiger partial charge < -0.3 is 5.10 Å². The van der Waals surface area contributed by atoms with Crippen LogP contribution in [0.1, 0.15) is 70.8 Å². The third-order valence-electron chi connectivity index (χ3n) is 5.17. The molecule has 1 N–H and O–H groups in total. The van der Waals surface area contributed by atoms with Gasteiger partial charge in [-0.25, -0.2) is 0 Å². The molecule has 0 saturated carbocycles. The number of hydrogen-bond acceptors (Lipinski definition) is 2. The molecule has 0 bridgehead atoms. The summed E-state index contributed by atoms with van der Waals surface area (Å²) in [6.45, 7) is 8.75. The second kappa shape index (κ2) is 5.84. The Morgan fingerprint density at radius 1 is 1.35 bits per heavy atom. The standard InChI is InChI=1S/C19H24N2O2/c1-5-21-19(23)16(10-20-21)18(22)15-9-12(3)14-8-6-7-11(2)17(14)13(15)4/h9-11,20H,5-8H2,1-4H3. The molecular weight excluding hydrogens is 288 g/mol. The Morgan fingerprint density at radius 3 is 2.74 bits per heavy atom. The van der Waals surface area contributed by atoms with Crippen LogP contribution in [0.5, 0.6) is 0 Å². The first-order valence-corrected chi connectivity index (χ1v) is 8.41. The Balaban J connectivity index is 2.15. The fourth-order valence-electron chi connectivity index (χ4n) is 3.91. The van der Waals surface area contributed by atoms with Crippen molar-refractivity contribution >= 4 is 5.78 Å². The molecule has 0 radical (unpaired) electrons. The molecule has 1 heterocycles. The Morgan fingerprint density at radius 2 is 2.09 bits per heavy atom. The lowest BCUT2D eigenvalue weighted by molar-refractivity contribution is 0.103. The summed E-state index contributed by atoms with van der Waals surface area (Å²) in [7, 11) is 0. The van der Waals surface area contributed by atoms with Crippen LogP contribution in [0.15, 0.2) is 17.1 Å². The zero-order chi connectivity index (χ0) is 16.7. The largest absolute Gasteiger partial charge is 0.302 e. The van der Waals surface area contributed by atoms with Crippen molar-refractivity contribution < 1.29 is 4.79 Å². The van der Waals surface area contributed by atoms with Crippen LogP contribution >= 0.6 is 0 Å². The molecule has 1 atom stereocenters. The van der Waals surface area contributed by atoms with Crippen molar-refractivity contribution in [3.63, 3.8) is 0 Å². The van der Waals surface area contributed by atoms with Crippen LogP contribution in [0.25, 0.3) is 0 Å². The van der Waals surface area contributed by atoms with Crippen molar-refractivity contribution in [3.05, 3.63) is 56.0 Å². The minimum Gasteiger partial charge on any atom is -0.302 e. The number of ketones is 1. The van der Waals surface area contributed by atoms with E-state index in [0.29, 0.717) is 18.0 Å². The van der Waals surface area contributed by atoms with Crippen molar-refractivity contribution in [2.45, 2.75) is 59.4 Å². The molecular formula is C19H24N2O2. The molecule has 0 amide bonds. The zero-order valence-electron chi connectivity index (χ0n) is 14.3. The molecule has 4 nitrogen and oxygen atoms in total. The van der Waals surface area contributed by atoms with Gasteiger partial charge in [0.2, 0.25) is 0 Å². The number of aryl methyl sites for hydroxylation is 2. The molecule has 1 aliphatic rings. The summed E-state index contributed by atoms with van der Waals surface area (Å²) in [6.07, 6.45) is 5.00. The highest BCUT2D eigenvalue weighted by atomic mass is 16.2. The van der Waals surface area contributed by atoms with E-state index < -0.39 is 0 Å². The quantitative estimate of drug-likeness (QED) is 0.882. The highest BCUT2D eigenvalue weighted by Crippen LogP contribution is 2.37. The van der Waals surface area contributed by atoms with Crippen molar-refractivity contribution in [1.82, 2.24) is 9.78 Å². The maximum absolute atomic E-state index is 12.9. The van der Waals surface area contributed by atoms with Gasteiger partial charge in [-0.1, -0.05) is 6.92 Å². The second-order valence-electron chi connectivity index (χ2n) is 6.62. The number of rotatable bonds is 3. The second-order valence-corrected chi connectivity index (χ2v) is 6.62. The Hall–Kier alpha value is -2.10. The maximum atomic E-state index is 12.9. The van der Waals surface area contributed by atoms with Crippen molar-refractivity contribution in [2.24, 2.45) is 0 Å². The molecule has 122 valence electrons. The third kappa shape index (κ3) is 2.46. The van der Waals surface area contributed by atoms with E-state index >= 15 is 0 Å². The Labute approximate surface area is 136 Å². The Bertz CT molecular complexity index is 827. The van der Waals surface area contributed by atoms with Gasteiger partial charge in [-0.2, -0.15) is 0 Å². The van der Waals surface area contributed by atoms with Gasteiger partial charge in [-0.15, -0.1) is 0 Å². The molecule has 0 saturated heterocycles. The highest BCUT2D eigenvalue weighted by Gasteiger charge is 2.26. The summed E-state index contributed by atoms with van der Waals surface area (Å²) in [5.41, 5.74) is 5.62. The lowest BCUT2D eigenvalue weighted by Gasteiger charge is -2.27. The molecule has 3 rings (SSSR count). The number of hydrogen-bond donors (Lipinski definition) is 1. The van der Waals surface area contributed by atoms with Crippen LogP contribution in [-0.2, 0) is 13.0 Å². The summed E-state index contributed by atoms with van der Waals surface area (Å²) in [4.78, 5) is 25.2. The molecule has 0 fully saturated rings. The summed E-state index contributed by atoms with van der Waals surface area (Å²) in [5.74, 6) is 0.309. The fourth-order valence-corrected chi connectivity index (χ4v) is 3.91. The van der Waals surface area contributed by atoms with E-state index in [-0.39, 0.29) is 16.9 Å². The number of nitrogens with zero attached hydrogens (tertiary/aromatic N) is 1. The minimum atomic E-state index is -0.236. The third-order valence-corrected chi connectivity index (χ3v) is 5.17. The van der Waals surface area contributed by atoms with Gasteiger partial charge in [-0.05, 0) is 74.3 Å². The molecule has 2 aromatic rings. The van der Waals surface area contributed by atoms with Crippen LogP contribution in [0.3, 0.4) is 0 Å². The smallest absolute Gasteiger partial charge is 0.277 e. The molecule has 0 spiro atoms. The number of aromatic nitrogens is 2. The lowest BCUT2D eigenvalue weighted by atomic mass is 9.77. The zero-order valence-corrected chi connectivity index (χ0v) is 14.3. The molecule has 1 aromatic heterocycles. The lowest BCUT2D eigenvalue weighted by Crippen LogP contribution is -2.22. The van der Waals surface area contributed by atoms with E-state index in [1.54, 1.807) is 0 Å². The average Bonchev–Trinajstić information content (AvgIpc) is 2.90. The van der Waals surface area contributed by atoms with Gasteiger partial charge in [0.1, 0.15) is 5.56 Å². The number of H-pyrrole nitrogens is 1. The first-order valence-electron chi connectivity index (χ1n) is 8.41. The first-order chi connectivity index (χ1) is 11.0. The monoisotopic (exact) mass is 312 g/mol. The van der Waals surface area contributed by atoms with E-state index in [1.165, 1.54) is 34.0 Å². The number of benzene rings is 1. The van der Waals surface area contributed by atoms with E-state index in [2.05, 4.69) is 18.9 Å². The van der Waals surface area contributed by atoms with Gasteiger partial charge in [0.25, 0.3) is 5.56 Å². The number of aromatic amines is 1. The van der Waals surface area contributed by atoms with E-state index in [4.69, 9.17) is 0 Å². The highest BCUT2D eigenvalue weighted by molar-refractivity contribution is 6.10. The topological polar surface area (TPSA) is 54.9 Å². The van der Waals surface area contributed by atoms with Crippen LogP contribution in [0.4, 0.5) is 0 Å². The van der Waals surface area contributed by atoms with Crippen molar-refractivity contribution in [2.75, 3.05) is 0 Å². The summed E-state index contributed by atoms with van der Waals surface area (Å²) in [5, 5.41) is 2.86. The summed E-state index contributed by atoms with van der Waals surface area (Å²) < 4.78 is 1.45. The normalized spacial score (nSPS) is 17.1.